The summed E-state index contributed by atoms with van der Waals surface area (Å²) in [5.74, 6) is 1.31. The quantitative estimate of drug-likeness (QED) is 0.0358. The Morgan fingerprint density at radius 2 is 0.573 bits per heavy atom. The third-order valence-electron chi connectivity index (χ3n) is 15.3. The lowest BCUT2D eigenvalue weighted by Crippen LogP contribution is -1.86. The summed E-state index contributed by atoms with van der Waals surface area (Å²) < 4.78 is 6.77. The molecule has 0 bridgehead atoms. The van der Waals surface area contributed by atoms with Gasteiger partial charge in [-0.05, 0) is 133 Å². The van der Waals surface area contributed by atoms with E-state index in [4.69, 9.17) is 14.6 Å². The summed E-state index contributed by atoms with van der Waals surface area (Å²) in [6.45, 7) is 9.23. The molecule has 0 saturated heterocycles. The normalized spacial score (nSPS) is 11.8. The van der Waals surface area contributed by atoms with Crippen molar-refractivity contribution in [3.05, 3.63) is 81.5 Å². The zero-order valence-electron chi connectivity index (χ0n) is 47.0. The molecule has 75 heavy (non-hydrogen) atoms. The van der Waals surface area contributed by atoms with Gasteiger partial charge in [0.2, 0.25) is 0 Å². The summed E-state index contributed by atoms with van der Waals surface area (Å²) in [7, 11) is 0. The van der Waals surface area contributed by atoms with E-state index < -0.39 is 0 Å². The van der Waals surface area contributed by atoms with E-state index in [2.05, 4.69) is 87.0 Å². The molecule has 7 aromatic heterocycles. The van der Waals surface area contributed by atoms with E-state index in [1.54, 1.807) is 0 Å². The number of unbranched alkanes of at least 4 members (excludes halogenated alkanes) is 28. The fraction of sp³-hybridized carbons (Fsp3) is 0.606. The minimum atomic E-state index is 0.654. The average Bonchev–Trinajstić information content (AvgIpc) is 4.29. The van der Waals surface area contributed by atoms with Crippen LogP contribution in [0.25, 0.3) is 60.6 Å². The van der Waals surface area contributed by atoms with Crippen molar-refractivity contribution in [1.29, 1.82) is 0 Å². The summed E-state index contributed by atoms with van der Waals surface area (Å²) in [4.78, 5) is 13.5. The molecule has 7 heterocycles. The molecule has 3 nitrogen and oxygen atoms in total. The highest BCUT2D eigenvalue weighted by Crippen LogP contribution is 2.48. The van der Waals surface area contributed by atoms with E-state index in [0.717, 1.165) is 22.6 Å². The maximum absolute atomic E-state index is 6.77. The number of nitrogens with zero attached hydrogens (tertiary/aromatic N) is 2. The molecule has 9 heteroatoms. The van der Waals surface area contributed by atoms with Gasteiger partial charge in [-0.1, -0.05) is 207 Å². The first-order valence-electron chi connectivity index (χ1n) is 30.5. The number of hydrogen-bond donors (Lipinski definition) is 0. The monoisotopic (exact) mass is 1120 g/mol. The predicted octanol–water partition coefficient (Wildman–Crippen LogP) is 25.2. The first kappa shape index (κ1) is 60.0. The van der Waals surface area contributed by atoms with E-state index in [0.29, 0.717) is 11.8 Å². The molecule has 0 aliphatic carbocycles. The van der Waals surface area contributed by atoms with Gasteiger partial charge in [0.25, 0.3) is 11.8 Å². The molecule has 7 rings (SSSR count). The van der Waals surface area contributed by atoms with Crippen molar-refractivity contribution in [3.8, 4) is 60.6 Å². The third-order valence-corrected chi connectivity index (χ3v) is 22.4. The van der Waals surface area contributed by atoms with E-state index in [9.17, 15) is 0 Å². The van der Waals surface area contributed by atoms with Gasteiger partial charge in [0.1, 0.15) is 0 Å². The van der Waals surface area contributed by atoms with Crippen LogP contribution in [0.15, 0.2) is 63.7 Å². The van der Waals surface area contributed by atoms with Crippen molar-refractivity contribution in [2.24, 2.45) is 0 Å². The van der Waals surface area contributed by atoms with Crippen molar-refractivity contribution >= 4 is 68.0 Å². The Morgan fingerprint density at radius 3 is 0.893 bits per heavy atom. The van der Waals surface area contributed by atoms with E-state index in [1.807, 2.05) is 68.0 Å². The molecular formula is C66H94N2OS6. The largest absolute Gasteiger partial charge is 0.414 e. The second kappa shape index (κ2) is 35.1. The summed E-state index contributed by atoms with van der Waals surface area (Å²) in [6, 6.07) is 19.1. The predicted molar refractivity (Wildman–Crippen MR) is 339 cm³/mol. The smallest absolute Gasteiger partial charge is 0.258 e. The van der Waals surface area contributed by atoms with Gasteiger partial charge in [0.15, 0.2) is 0 Å². The Kier molecular flexibility index (Phi) is 28.0. The zero-order valence-corrected chi connectivity index (χ0v) is 51.9. The Bertz CT molecular complexity index is 2400. The molecule has 0 radical (unpaired) electrons. The van der Waals surface area contributed by atoms with Crippen LogP contribution in [0.1, 0.15) is 255 Å². The number of aryl methyl sites for hydroxylation is 4. The van der Waals surface area contributed by atoms with Crippen LogP contribution < -0.4 is 0 Å². The number of thiophene rings is 6. The molecule has 0 N–H and O–H groups in total. The lowest BCUT2D eigenvalue weighted by Gasteiger charge is -2.04. The third kappa shape index (κ3) is 19.6. The molecule has 0 saturated carbocycles. The Balaban J connectivity index is 1.07. The average molecular weight is 1120 g/mol. The second-order valence-electron chi connectivity index (χ2n) is 21.6. The molecule has 7 aromatic rings. The van der Waals surface area contributed by atoms with Gasteiger partial charge >= 0.3 is 0 Å². The van der Waals surface area contributed by atoms with Crippen molar-refractivity contribution in [3.63, 3.8) is 0 Å². The standard InChI is InChI=1S/C66H94N2OS6/c1-5-9-13-17-21-25-29-33-37-51-45-47-70-61(51)55-41-43-57(72-55)63-53(39-35-31-27-23-19-15-11-7-3)49-59(74-63)65-67-68-66(69-65)60-50-54(40-36-32-28-24-20-16-12-8-4)64(75-60)58-44-42-56(73-58)62-52(46-48-71-62)38-34-30-26-22-18-14-10-6-2/h41-50H,5-40H2,1-4H3. The minimum Gasteiger partial charge on any atom is -0.414 e. The first-order valence-corrected chi connectivity index (χ1v) is 35.6. The van der Waals surface area contributed by atoms with Crippen LogP contribution in [0.3, 0.4) is 0 Å². The van der Waals surface area contributed by atoms with Gasteiger partial charge in [0, 0.05) is 39.0 Å². The van der Waals surface area contributed by atoms with Crippen molar-refractivity contribution in [1.82, 2.24) is 10.2 Å². The number of aromatic nitrogens is 2. The Morgan fingerprint density at radius 1 is 0.293 bits per heavy atom. The Hall–Kier alpha value is -2.66. The topological polar surface area (TPSA) is 38.9 Å². The minimum absolute atomic E-state index is 0.654. The molecule has 0 aliphatic heterocycles. The van der Waals surface area contributed by atoms with Crippen LogP contribution in [-0.4, -0.2) is 10.2 Å². The van der Waals surface area contributed by atoms with Crippen molar-refractivity contribution in [2.75, 3.05) is 0 Å². The Labute approximate surface area is 479 Å². The molecule has 410 valence electrons. The van der Waals surface area contributed by atoms with E-state index in [1.165, 1.54) is 280 Å². The first-order chi connectivity index (χ1) is 37.1. The molecule has 0 unspecified atom stereocenters. The van der Waals surface area contributed by atoms with Crippen LogP contribution in [0, 0.1) is 0 Å². The summed E-state index contributed by atoms with van der Waals surface area (Å²) in [5.41, 5.74) is 5.93. The maximum atomic E-state index is 6.77. The molecule has 0 aromatic carbocycles. The zero-order chi connectivity index (χ0) is 52.1. The fourth-order valence-corrected chi connectivity index (χ4v) is 17.5. The summed E-state index contributed by atoms with van der Waals surface area (Å²) in [5, 5.41) is 14.2. The van der Waals surface area contributed by atoms with Gasteiger partial charge in [-0.2, -0.15) is 0 Å². The van der Waals surface area contributed by atoms with Crippen molar-refractivity contribution in [2.45, 2.75) is 259 Å². The van der Waals surface area contributed by atoms with Gasteiger partial charge < -0.3 is 4.42 Å². The summed E-state index contributed by atoms with van der Waals surface area (Å²) >= 11 is 11.5. The van der Waals surface area contributed by atoms with E-state index in [-0.39, 0.29) is 0 Å². The highest BCUT2D eigenvalue weighted by atomic mass is 32.1. The van der Waals surface area contributed by atoms with Crippen LogP contribution in [-0.2, 0) is 25.7 Å². The molecule has 0 atom stereocenters. The van der Waals surface area contributed by atoms with Crippen LogP contribution in [0.5, 0.6) is 0 Å². The lowest BCUT2D eigenvalue weighted by atomic mass is 10.0. The SMILES string of the molecule is CCCCCCCCCCc1ccsc1-c1ccc(-c2sc(-c3nnc(-c4cc(CCCCCCCCCC)c(-c5ccc(-c6sccc6CCCCCCCCCC)s5)s4)o3)cc2CCCCCCCCCC)s1. The molecule has 0 fully saturated rings. The highest BCUT2D eigenvalue weighted by molar-refractivity contribution is 7.28. The molecule has 0 spiro atoms. The van der Waals surface area contributed by atoms with Gasteiger partial charge in [-0.25, -0.2) is 0 Å². The molecule has 0 amide bonds. The molecule has 0 aliphatic rings. The summed E-state index contributed by atoms with van der Waals surface area (Å²) in [6.07, 6.45) is 47.6. The van der Waals surface area contributed by atoms with Crippen molar-refractivity contribution < 1.29 is 4.42 Å². The maximum Gasteiger partial charge on any atom is 0.258 e. The van der Waals surface area contributed by atoms with Gasteiger partial charge in [-0.15, -0.1) is 78.2 Å². The van der Waals surface area contributed by atoms with E-state index >= 15 is 0 Å². The van der Waals surface area contributed by atoms with Crippen LogP contribution in [0.2, 0.25) is 0 Å². The lowest BCUT2D eigenvalue weighted by molar-refractivity contribution is 0.575. The second-order valence-corrected chi connectivity index (χ2v) is 27.7. The highest BCUT2D eigenvalue weighted by Gasteiger charge is 2.23. The number of rotatable bonds is 42. The van der Waals surface area contributed by atoms with Crippen LogP contribution in [0.4, 0.5) is 0 Å². The number of hydrogen-bond acceptors (Lipinski definition) is 9. The van der Waals surface area contributed by atoms with Gasteiger partial charge in [-0.3, -0.25) is 0 Å². The molecular weight excluding hydrogens is 1030 g/mol. The fourth-order valence-electron chi connectivity index (χ4n) is 10.7. The van der Waals surface area contributed by atoms with Gasteiger partial charge in [0.05, 0.1) is 9.75 Å². The van der Waals surface area contributed by atoms with Crippen LogP contribution >= 0.6 is 68.0 Å².